The second-order valence-corrected chi connectivity index (χ2v) is 3.75. The number of aldehydes is 1. The quantitative estimate of drug-likeness (QED) is 0.711. The van der Waals surface area contributed by atoms with Gasteiger partial charge in [-0.15, -0.1) is 0 Å². The third-order valence-corrected chi connectivity index (χ3v) is 2.70. The molecule has 0 spiro atoms. The van der Waals surface area contributed by atoms with Gasteiger partial charge in [0.05, 0.1) is 0 Å². The zero-order valence-corrected chi connectivity index (χ0v) is 8.68. The molecular weight excluding hydrogens is 186 g/mol. The number of hydrogen-bond donors (Lipinski definition) is 0. The van der Waals surface area contributed by atoms with Crippen LogP contribution >= 0.6 is 0 Å². The minimum atomic E-state index is 0.260. The second-order valence-electron chi connectivity index (χ2n) is 3.75. The van der Waals surface area contributed by atoms with Crippen molar-refractivity contribution in [3.8, 4) is 0 Å². The Balaban J connectivity index is 2.55. The van der Waals surface area contributed by atoms with Gasteiger partial charge in [0, 0.05) is 24.2 Å². The Bertz CT molecular complexity index is 473. The molecule has 0 amide bonds. The molecule has 0 aliphatic carbocycles. The van der Waals surface area contributed by atoms with Crippen molar-refractivity contribution in [1.29, 1.82) is 0 Å². The maximum Gasteiger partial charge on any atom is 0.120 e. The molecule has 2 heteroatoms. The van der Waals surface area contributed by atoms with Crippen molar-refractivity contribution >= 4 is 17.1 Å². The van der Waals surface area contributed by atoms with E-state index in [9.17, 15) is 4.79 Å². The standard InChI is InChI=1S/C13H13NO/c1-10(6-8-15)12-4-2-3-11-5-7-14-9-13(11)12/h2-5,7-10H,6H2,1H3. The monoisotopic (exact) mass is 199 g/mol. The molecule has 1 aromatic heterocycles. The normalized spacial score (nSPS) is 12.6. The van der Waals surface area contributed by atoms with E-state index in [4.69, 9.17) is 0 Å². The Kier molecular flexibility index (Phi) is 2.77. The number of benzene rings is 1. The molecule has 1 aromatic carbocycles. The smallest absolute Gasteiger partial charge is 0.120 e. The van der Waals surface area contributed by atoms with Crippen LogP contribution in [-0.4, -0.2) is 11.3 Å². The molecular formula is C13H13NO. The summed E-state index contributed by atoms with van der Waals surface area (Å²) in [6.45, 7) is 2.07. The Morgan fingerprint density at radius 2 is 2.27 bits per heavy atom. The first-order valence-corrected chi connectivity index (χ1v) is 5.09. The van der Waals surface area contributed by atoms with Crippen LogP contribution in [0.3, 0.4) is 0 Å². The molecule has 0 aliphatic rings. The number of carbonyl (C=O) groups is 1. The highest BCUT2D eigenvalue weighted by molar-refractivity contribution is 5.85. The molecule has 1 atom stereocenters. The van der Waals surface area contributed by atoms with Crippen LogP contribution < -0.4 is 0 Å². The van der Waals surface area contributed by atoms with Gasteiger partial charge >= 0.3 is 0 Å². The Morgan fingerprint density at radius 1 is 1.40 bits per heavy atom. The summed E-state index contributed by atoms with van der Waals surface area (Å²) in [6, 6.07) is 8.15. The zero-order chi connectivity index (χ0) is 10.7. The predicted octanol–water partition coefficient (Wildman–Crippen LogP) is 2.93. The molecule has 2 rings (SSSR count). The average molecular weight is 199 g/mol. The molecule has 1 unspecified atom stereocenters. The molecule has 2 aromatic rings. The summed E-state index contributed by atoms with van der Waals surface area (Å²) in [6.07, 6.45) is 5.19. The van der Waals surface area contributed by atoms with Crippen LogP contribution in [0.15, 0.2) is 36.7 Å². The van der Waals surface area contributed by atoms with E-state index < -0.39 is 0 Å². The van der Waals surface area contributed by atoms with Crippen LogP contribution in [0.25, 0.3) is 10.8 Å². The number of hydrogen-bond acceptors (Lipinski definition) is 2. The van der Waals surface area contributed by atoms with Gasteiger partial charge in [-0.25, -0.2) is 0 Å². The van der Waals surface area contributed by atoms with Gasteiger partial charge in [-0.2, -0.15) is 0 Å². The zero-order valence-electron chi connectivity index (χ0n) is 8.68. The van der Waals surface area contributed by atoms with E-state index in [2.05, 4.69) is 24.0 Å². The van der Waals surface area contributed by atoms with Crippen molar-refractivity contribution in [2.24, 2.45) is 0 Å². The minimum Gasteiger partial charge on any atom is -0.303 e. The second kappa shape index (κ2) is 4.22. The number of nitrogens with zero attached hydrogens (tertiary/aromatic N) is 1. The minimum absolute atomic E-state index is 0.260. The van der Waals surface area contributed by atoms with E-state index in [1.54, 1.807) is 6.20 Å². The van der Waals surface area contributed by atoms with Crippen molar-refractivity contribution in [2.45, 2.75) is 19.3 Å². The maximum absolute atomic E-state index is 10.5. The molecule has 0 aliphatic heterocycles. The first-order chi connectivity index (χ1) is 7.33. The SMILES string of the molecule is CC(CC=O)c1cccc2ccncc12. The van der Waals surface area contributed by atoms with Gasteiger partial charge in [-0.1, -0.05) is 25.1 Å². The van der Waals surface area contributed by atoms with E-state index in [1.807, 2.05) is 18.3 Å². The van der Waals surface area contributed by atoms with Crippen LogP contribution in [0.1, 0.15) is 24.8 Å². The molecule has 0 bridgehead atoms. The summed E-state index contributed by atoms with van der Waals surface area (Å²) in [5.41, 5.74) is 1.20. The summed E-state index contributed by atoms with van der Waals surface area (Å²) in [7, 11) is 0. The highest BCUT2D eigenvalue weighted by atomic mass is 16.1. The van der Waals surface area contributed by atoms with E-state index in [-0.39, 0.29) is 5.92 Å². The summed E-state index contributed by atoms with van der Waals surface area (Å²) in [5, 5.41) is 2.33. The van der Waals surface area contributed by atoms with Crippen molar-refractivity contribution in [2.75, 3.05) is 0 Å². The lowest BCUT2D eigenvalue weighted by Crippen LogP contribution is -1.95. The number of fused-ring (bicyclic) bond motifs is 1. The van der Waals surface area contributed by atoms with Gasteiger partial charge < -0.3 is 4.79 Å². The van der Waals surface area contributed by atoms with E-state index >= 15 is 0 Å². The van der Waals surface area contributed by atoms with Crippen molar-refractivity contribution in [3.05, 3.63) is 42.2 Å². The van der Waals surface area contributed by atoms with E-state index in [1.165, 1.54) is 10.9 Å². The Morgan fingerprint density at radius 3 is 3.07 bits per heavy atom. The van der Waals surface area contributed by atoms with Gasteiger partial charge in [0.1, 0.15) is 6.29 Å². The molecule has 0 saturated carbocycles. The van der Waals surface area contributed by atoms with Crippen LogP contribution in [0, 0.1) is 0 Å². The van der Waals surface area contributed by atoms with Crippen molar-refractivity contribution in [1.82, 2.24) is 4.98 Å². The van der Waals surface area contributed by atoms with Crippen LogP contribution in [0.2, 0.25) is 0 Å². The fourth-order valence-corrected chi connectivity index (χ4v) is 1.84. The topological polar surface area (TPSA) is 30.0 Å². The van der Waals surface area contributed by atoms with Crippen LogP contribution in [0.5, 0.6) is 0 Å². The van der Waals surface area contributed by atoms with E-state index in [0.717, 1.165) is 11.7 Å². The molecule has 15 heavy (non-hydrogen) atoms. The van der Waals surface area contributed by atoms with Gasteiger partial charge in [0.2, 0.25) is 0 Å². The fraction of sp³-hybridized carbons (Fsp3) is 0.231. The first-order valence-electron chi connectivity index (χ1n) is 5.09. The third-order valence-electron chi connectivity index (χ3n) is 2.70. The molecule has 0 saturated heterocycles. The number of rotatable bonds is 3. The Hall–Kier alpha value is -1.70. The lowest BCUT2D eigenvalue weighted by Gasteiger charge is -2.11. The lowest BCUT2D eigenvalue weighted by atomic mass is 9.94. The lowest BCUT2D eigenvalue weighted by molar-refractivity contribution is -0.108. The average Bonchev–Trinajstić information content (AvgIpc) is 2.28. The fourth-order valence-electron chi connectivity index (χ4n) is 1.84. The highest BCUT2D eigenvalue weighted by Gasteiger charge is 2.08. The van der Waals surface area contributed by atoms with Gasteiger partial charge in [0.15, 0.2) is 0 Å². The van der Waals surface area contributed by atoms with Gasteiger partial charge in [0.25, 0.3) is 0 Å². The van der Waals surface area contributed by atoms with Crippen LogP contribution in [-0.2, 0) is 4.79 Å². The first kappa shape index (κ1) is 9.84. The summed E-state index contributed by atoms with van der Waals surface area (Å²) < 4.78 is 0. The number of aromatic nitrogens is 1. The summed E-state index contributed by atoms with van der Waals surface area (Å²) in [5.74, 6) is 0.260. The molecule has 76 valence electrons. The summed E-state index contributed by atoms with van der Waals surface area (Å²) in [4.78, 5) is 14.6. The largest absolute Gasteiger partial charge is 0.303 e. The Labute approximate surface area is 89.0 Å². The molecule has 1 heterocycles. The molecule has 0 fully saturated rings. The van der Waals surface area contributed by atoms with Gasteiger partial charge in [-0.3, -0.25) is 4.98 Å². The molecule has 0 radical (unpaired) electrons. The highest BCUT2D eigenvalue weighted by Crippen LogP contribution is 2.26. The number of carbonyl (C=O) groups excluding carboxylic acids is 1. The molecule has 2 nitrogen and oxygen atoms in total. The van der Waals surface area contributed by atoms with E-state index in [0.29, 0.717) is 6.42 Å². The van der Waals surface area contributed by atoms with Crippen molar-refractivity contribution in [3.63, 3.8) is 0 Å². The third kappa shape index (κ3) is 1.89. The van der Waals surface area contributed by atoms with Crippen LogP contribution in [0.4, 0.5) is 0 Å². The predicted molar refractivity (Wildman–Crippen MR) is 60.8 cm³/mol. The number of pyridine rings is 1. The van der Waals surface area contributed by atoms with Gasteiger partial charge in [-0.05, 0) is 22.9 Å². The summed E-state index contributed by atoms with van der Waals surface area (Å²) >= 11 is 0. The molecule has 0 N–H and O–H groups in total. The maximum atomic E-state index is 10.5. The van der Waals surface area contributed by atoms with Crippen molar-refractivity contribution < 1.29 is 4.79 Å².